The van der Waals surface area contributed by atoms with Gasteiger partial charge in [-0.2, -0.15) is 0 Å². The predicted octanol–water partition coefficient (Wildman–Crippen LogP) is 14.5. The number of nitrogens with zero attached hydrogens (tertiary/aromatic N) is 3. The molecule has 0 radical (unpaired) electrons. The molecule has 0 amide bonds. The van der Waals surface area contributed by atoms with E-state index in [4.69, 9.17) is 14.4 Å². The topological polar surface area (TPSA) is 41.1 Å². The molecule has 0 fully saturated rings. The molecule has 0 saturated carbocycles. The highest BCUT2D eigenvalue weighted by atomic mass is 32.1. The second-order valence-corrected chi connectivity index (χ2v) is 17.1. The number of para-hydroxylation sites is 1. The van der Waals surface area contributed by atoms with Gasteiger partial charge in [0.1, 0.15) is 17.0 Å². The fourth-order valence-electron chi connectivity index (χ4n) is 8.74. The third kappa shape index (κ3) is 5.26. The summed E-state index contributed by atoms with van der Waals surface area (Å²) in [5, 5.41) is 7.32. The first-order valence-corrected chi connectivity index (χ1v) is 21.1. The van der Waals surface area contributed by atoms with E-state index in [1.165, 1.54) is 40.3 Å². The Morgan fingerprint density at radius 3 is 1.88 bits per heavy atom. The molecule has 58 heavy (non-hydrogen) atoms. The van der Waals surface area contributed by atoms with Gasteiger partial charge in [-0.3, -0.25) is 0 Å². The number of furan rings is 1. The van der Waals surface area contributed by atoms with Gasteiger partial charge in [-0.05, 0) is 76.9 Å². The highest BCUT2D eigenvalue weighted by molar-refractivity contribution is 7.26. The van der Waals surface area contributed by atoms with Crippen LogP contribution in [0.4, 0.5) is 0 Å². The van der Waals surface area contributed by atoms with Crippen molar-refractivity contribution in [2.75, 3.05) is 7.05 Å². The smallest absolute Gasteiger partial charge is 0.159 e. The third-order valence-electron chi connectivity index (χ3n) is 11.5. The van der Waals surface area contributed by atoms with Gasteiger partial charge in [0.05, 0.1) is 0 Å². The molecule has 6 heteroatoms. The first kappa shape index (κ1) is 33.3. The summed E-state index contributed by atoms with van der Waals surface area (Å²) in [7, 11) is 2.11. The molecule has 1 aliphatic rings. The third-order valence-corrected chi connectivity index (χ3v) is 13.8. The van der Waals surface area contributed by atoms with E-state index in [1.54, 1.807) is 0 Å². The van der Waals surface area contributed by atoms with Crippen LogP contribution in [-0.2, 0) is 0 Å². The minimum absolute atomic E-state index is 0.268. The second kappa shape index (κ2) is 13.1. The zero-order valence-electron chi connectivity index (χ0n) is 31.4. The summed E-state index contributed by atoms with van der Waals surface area (Å²) in [6.07, 6.45) is -0.268. The molecule has 0 spiro atoms. The number of fused-ring (bicyclic) bond motifs is 9. The van der Waals surface area contributed by atoms with Crippen LogP contribution in [0.3, 0.4) is 0 Å². The van der Waals surface area contributed by atoms with Crippen molar-refractivity contribution in [1.29, 1.82) is 0 Å². The van der Waals surface area contributed by atoms with Crippen molar-refractivity contribution in [3.63, 3.8) is 0 Å². The highest BCUT2D eigenvalue weighted by Gasteiger charge is 2.28. The maximum Gasteiger partial charge on any atom is 0.159 e. The Kier molecular flexibility index (Phi) is 7.52. The zero-order valence-corrected chi connectivity index (χ0v) is 33.0. The lowest BCUT2D eigenvalue weighted by Crippen LogP contribution is -2.35. The standard InChI is InChI=1S/C52H33N3OS2/c1-55-51(53-50(31-12-3-2-4-13-31)54-52(55)35-23-27-47-42(30-35)39-17-7-10-21-45(39)58-47)34-15-11-14-32(28-34)36-24-25-37(49-48(36)40-18-5-8-19-43(40)56-49)33-22-26-46-41(29-33)38-16-6-9-20-44(38)57-46/h2-30,52H,1H3. The van der Waals surface area contributed by atoms with Crippen LogP contribution in [0, 0.1) is 0 Å². The quantitative estimate of drug-likeness (QED) is 0.175. The van der Waals surface area contributed by atoms with E-state index in [-0.39, 0.29) is 6.17 Å². The first-order valence-electron chi connectivity index (χ1n) is 19.5. The summed E-state index contributed by atoms with van der Waals surface area (Å²) in [4.78, 5) is 12.8. The Balaban J connectivity index is 1.000. The van der Waals surface area contributed by atoms with Gasteiger partial charge < -0.3 is 9.32 Å². The lowest BCUT2D eigenvalue weighted by atomic mass is 9.93. The van der Waals surface area contributed by atoms with Gasteiger partial charge >= 0.3 is 0 Å². The molecular formula is C52H33N3OS2. The van der Waals surface area contributed by atoms with Crippen molar-refractivity contribution in [3.8, 4) is 22.3 Å². The Labute approximate surface area is 342 Å². The fourth-order valence-corrected chi connectivity index (χ4v) is 10.9. The molecule has 0 bridgehead atoms. The molecule has 8 aromatic carbocycles. The van der Waals surface area contributed by atoms with E-state index in [2.05, 4.69) is 176 Å². The van der Waals surface area contributed by atoms with Gasteiger partial charge in [-0.1, -0.05) is 121 Å². The first-order chi connectivity index (χ1) is 28.6. The van der Waals surface area contributed by atoms with Crippen molar-refractivity contribution < 1.29 is 4.42 Å². The molecule has 274 valence electrons. The summed E-state index contributed by atoms with van der Waals surface area (Å²) < 4.78 is 11.9. The van der Waals surface area contributed by atoms with Crippen LogP contribution in [0.2, 0.25) is 0 Å². The van der Waals surface area contributed by atoms with Crippen molar-refractivity contribution in [1.82, 2.24) is 4.90 Å². The fraction of sp³-hybridized carbons (Fsp3) is 0.0385. The van der Waals surface area contributed by atoms with Crippen LogP contribution >= 0.6 is 22.7 Å². The SMILES string of the molecule is CN1C(c2cccc(-c3ccc(-c4ccc5sc6ccccc6c5c4)c4oc5ccccc5c34)c2)=NC(c2ccccc2)=NC1c1ccc2sc3ccccc3c2c1. The lowest BCUT2D eigenvalue weighted by molar-refractivity contribution is 0.383. The summed E-state index contributed by atoms with van der Waals surface area (Å²) in [6, 6.07) is 62.9. The minimum atomic E-state index is -0.268. The summed E-state index contributed by atoms with van der Waals surface area (Å²) in [5.74, 6) is 1.60. The Hall–Kier alpha value is -6.86. The van der Waals surface area contributed by atoms with E-state index < -0.39 is 0 Å². The van der Waals surface area contributed by atoms with Gasteiger partial charge in [-0.15, -0.1) is 22.7 Å². The van der Waals surface area contributed by atoms with Gasteiger partial charge in [0.25, 0.3) is 0 Å². The molecule has 0 aliphatic carbocycles. The molecule has 4 nitrogen and oxygen atoms in total. The van der Waals surface area contributed by atoms with Crippen molar-refractivity contribution in [3.05, 3.63) is 193 Å². The van der Waals surface area contributed by atoms with Crippen molar-refractivity contribution in [2.24, 2.45) is 9.98 Å². The maximum absolute atomic E-state index is 6.78. The van der Waals surface area contributed by atoms with Gasteiger partial charge in [-0.25, -0.2) is 9.98 Å². The average molecular weight is 780 g/mol. The molecule has 1 atom stereocenters. The predicted molar refractivity (Wildman–Crippen MR) is 247 cm³/mol. The largest absolute Gasteiger partial charge is 0.455 e. The number of thiophene rings is 2. The zero-order chi connectivity index (χ0) is 38.3. The molecule has 3 aromatic heterocycles. The number of benzene rings is 8. The van der Waals surface area contributed by atoms with Gasteiger partial charge in [0, 0.05) is 74.9 Å². The van der Waals surface area contributed by atoms with E-state index in [9.17, 15) is 0 Å². The van der Waals surface area contributed by atoms with Crippen LogP contribution in [0.1, 0.15) is 22.9 Å². The lowest BCUT2D eigenvalue weighted by Gasteiger charge is -2.32. The van der Waals surface area contributed by atoms with Crippen LogP contribution in [0.25, 0.3) is 84.5 Å². The van der Waals surface area contributed by atoms with Crippen LogP contribution < -0.4 is 0 Å². The van der Waals surface area contributed by atoms with Crippen LogP contribution in [0.15, 0.2) is 190 Å². The van der Waals surface area contributed by atoms with Crippen molar-refractivity contribution in [2.45, 2.75) is 6.17 Å². The molecule has 0 saturated heterocycles. The summed E-state index contributed by atoms with van der Waals surface area (Å²) in [5.41, 5.74) is 9.37. The Bertz CT molecular complexity index is 3500. The molecule has 1 unspecified atom stereocenters. The minimum Gasteiger partial charge on any atom is -0.455 e. The second-order valence-electron chi connectivity index (χ2n) is 14.9. The van der Waals surface area contributed by atoms with E-state index in [0.29, 0.717) is 0 Å². The Morgan fingerprint density at radius 1 is 0.483 bits per heavy atom. The van der Waals surface area contributed by atoms with Gasteiger partial charge in [0.15, 0.2) is 12.0 Å². The van der Waals surface area contributed by atoms with E-state index in [0.717, 1.165) is 72.6 Å². The molecule has 11 aromatic rings. The van der Waals surface area contributed by atoms with Crippen LogP contribution in [0.5, 0.6) is 0 Å². The monoisotopic (exact) mass is 779 g/mol. The number of amidine groups is 2. The number of hydrogen-bond acceptors (Lipinski definition) is 6. The summed E-state index contributed by atoms with van der Waals surface area (Å²) in [6.45, 7) is 0. The Morgan fingerprint density at radius 2 is 1.09 bits per heavy atom. The van der Waals surface area contributed by atoms with E-state index >= 15 is 0 Å². The number of rotatable bonds is 5. The van der Waals surface area contributed by atoms with E-state index in [1.807, 2.05) is 34.8 Å². The number of aliphatic imine (C=N–C) groups is 2. The average Bonchev–Trinajstić information content (AvgIpc) is 3.98. The molecule has 4 heterocycles. The normalized spacial score (nSPS) is 14.6. The summed E-state index contributed by atoms with van der Waals surface area (Å²) >= 11 is 3.68. The van der Waals surface area contributed by atoms with Gasteiger partial charge in [0.2, 0.25) is 0 Å². The molecule has 12 rings (SSSR count). The maximum atomic E-state index is 6.78. The highest BCUT2D eigenvalue weighted by Crippen LogP contribution is 2.44. The molecule has 0 N–H and O–H groups in total. The van der Waals surface area contributed by atoms with Crippen LogP contribution in [-0.4, -0.2) is 23.6 Å². The number of hydrogen-bond donors (Lipinski definition) is 0. The molecular weight excluding hydrogens is 747 g/mol. The van der Waals surface area contributed by atoms with Crippen molar-refractivity contribution >= 4 is 96.6 Å². The molecule has 1 aliphatic heterocycles.